The Hall–Kier alpha value is -1.05. The van der Waals surface area contributed by atoms with Gasteiger partial charge in [0, 0.05) is 18.8 Å². The highest BCUT2D eigenvalue weighted by Crippen LogP contribution is 2.25. The highest BCUT2D eigenvalue weighted by Gasteiger charge is 2.28. The van der Waals surface area contributed by atoms with Crippen LogP contribution in [0.25, 0.3) is 0 Å². The predicted octanol–water partition coefficient (Wildman–Crippen LogP) is 2.37. The molecule has 0 spiro atoms. The third-order valence-electron chi connectivity index (χ3n) is 3.55. The van der Waals surface area contributed by atoms with E-state index in [0.29, 0.717) is 16.9 Å². The Morgan fingerprint density at radius 1 is 1.38 bits per heavy atom. The van der Waals surface area contributed by atoms with E-state index < -0.39 is 16.0 Å². The van der Waals surface area contributed by atoms with Crippen LogP contribution in [-0.4, -0.2) is 48.9 Å². The fourth-order valence-corrected chi connectivity index (χ4v) is 4.44. The first-order valence-corrected chi connectivity index (χ1v) is 9.27. The van der Waals surface area contributed by atoms with Crippen LogP contribution in [0.3, 0.4) is 0 Å². The lowest BCUT2D eigenvalue weighted by Gasteiger charge is -2.25. The van der Waals surface area contributed by atoms with E-state index in [9.17, 15) is 13.2 Å². The zero-order valence-corrected chi connectivity index (χ0v) is 14.5. The molecule has 0 saturated carbocycles. The van der Waals surface area contributed by atoms with E-state index in [2.05, 4.69) is 0 Å². The van der Waals surface area contributed by atoms with E-state index in [0.717, 1.165) is 0 Å². The van der Waals surface area contributed by atoms with Gasteiger partial charge in [0.2, 0.25) is 10.0 Å². The molecule has 0 saturated heterocycles. The zero-order chi connectivity index (χ0) is 16.4. The highest BCUT2D eigenvalue weighted by molar-refractivity contribution is 7.98. The molecule has 5 nitrogen and oxygen atoms in total. The molecule has 1 atom stereocenters. The average Bonchev–Trinajstić information content (AvgIpc) is 2.40. The molecule has 0 aliphatic rings. The Morgan fingerprint density at radius 3 is 2.43 bits per heavy atom. The molecule has 1 rings (SSSR count). The Kier molecular flexibility index (Phi) is 5.83. The lowest BCUT2D eigenvalue weighted by atomic mass is 10.1. The van der Waals surface area contributed by atoms with Gasteiger partial charge >= 0.3 is 5.97 Å². The van der Waals surface area contributed by atoms with Crippen LogP contribution >= 0.6 is 11.8 Å². The van der Waals surface area contributed by atoms with E-state index in [4.69, 9.17) is 5.11 Å². The van der Waals surface area contributed by atoms with Crippen LogP contribution in [0.5, 0.6) is 0 Å². The quantitative estimate of drug-likeness (QED) is 0.866. The molecule has 1 aromatic rings. The first kappa shape index (κ1) is 18.0. The number of hydrogen-bond acceptors (Lipinski definition) is 4. The third-order valence-corrected chi connectivity index (χ3v) is 6.47. The number of hydrogen-bond donors (Lipinski definition) is 1. The summed E-state index contributed by atoms with van der Waals surface area (Å²) in [6, 6.07) is 2.56. The van der Waals surface area contributed by atoms with E-state index >= 15 is 0 Å². The SMILES string of the molecule is CSCC(C)N(C)S(=O)(=O)c1cc(C(=O)O)cc(C)c1C. The van der Waals surface area contributed by atoms with Crippen LogP contribution in [0, 0.1) is 13.8 Å². The summed E-state index contributed by atoms with van der Waals surface area (Å²) in [5, 5.41) is 9.11. The number of aromatic carboxylic acids is 1. The Balaban J connectivity index is 3.40. The van der Waals surface area contributed by atoms with E-state index in [-0.39, 0.29) is 16.5 Å². The maximum atomic E-state index is 12.7. The van der Waals surface area contributed by atoms with Gasteiger partial charge in [0.05, 0.1) is 10.5 Å². The molecule has 0 aliphatic carbocycles. The lowest BCUT2D eigenvalue weighted by Crippen LogP contribution is -2.37. The molecule has 21 heavy (non-hydrogen) atoms. The highest BCUT2D eigenvalue weighted by atomic mass is 32.2. The maximum Gasteiger partial charge on any atom is 0.335 e. The molecule has 0 amide bonds. The van der Waals surface area contributed by atoms with Gasteiger partial charge in [0.25, 0.3) is 0 Å². The second kappa shape index (κ2) is 6.81. The topological polar surface area (TPSA) is 74.7 Å². The van der Waals surface area contributed by atoms with Crippen molar-refractivity contribution in [3.05, 3.63) is 28.8 Å². The van der Waals surface area contributed by atoms with Gasteiger partial charge in [0.1, 0.15) is 0 Å². The summed E-state index contributed by atoms with van der Waals surface area (Å²) in [4.78, 5) is 11.2. The van der Waals surface area contributed by atoms with Crippen LogP contribution < -0.4 is 0 Å². The lowest BCUT2D eigenvalue weighted by molar-refractivity contribution is 0.0696. The number of aryl methyl sites for hydroxylation is 1. The number of benzene rings is 1. The molecule has 1 N–H and O–H groups in total. The Labute approximate surface area is 130 Å². The van der Waals surface area contributed by atoms with Gasteiger partial charge in [-0.05, 0) is 50.3 Å². The van der Waals surface area contributed by atoms with Gasteiger partial charge in [0.15, 0.2) is 0 Å². The van der Waals surface area contributed by atoms with Crippen LogP contribution in [0.15, 0.2) is 17.0 Å². The molecular weight excluding hydrogens is 310 g/mol. The molecule has 0 radical (unpaired) electrons. The minimum absolute atomic E-state index is 0.0115. The molecule has 1 unspecified atom stereocenters. The first-order valence-electron chi connectivity index (χ1n) is 6.44. The molecule has 1 aromatic carbocycles. The smallest absolute Gasteiger partial charge is 0.335 e. The Morgan fingerprint density at radius 2 is 1.95 bits per heavy atom. The predicted molar refractivity (Wildman–Crippen MR) is 85.7 cm³/mol. The van der Waals surface area contributed by atoms with Crippen molar-refractivity contribution in [2.24, 2.45) is 0 Å². The molecule has 0 bridgehead atoms. The van der Waals surface area contributed by atoms with E-state index in [1.54, 1.807) is 25.6 Å². The molecular formula is C14H21NO4S2. The number of carboxylic acids is 1. The first-order chi connectivity index (χ1) is 9.62. The van der Waals surface area contributed by atoms with Gasteiger partial charge in [-0.1, -0.05) is 0 Å². The molecule has 7 heteroatoms. The second-order valence-corrected chi connectivity index (χ2v) is 7.92. The minimum Gasteiger partial charge on any atom is -0.478 e. The summed E-state index contributed by atoms with van der Waals surface area (Å²) < 4.78 is 26.7. The van der Waals surface area contributed by atoms with Gasteiger partial charge in [-0.3, -0.25) is 0 Å². The summed E-state index contributed by atoms with van der Waals surface area (Å²) >= 11 is 1.56. The minimum atomic E-state index is -3.71. The van der Waals surface area contributed by atoms with Gasteiger partial charge in [-0.25, -0.2) is 13.2 Å². The van der Waals surface area contributed by atoms with Crippen molar-refractivity contribution in [2.75, 3.05) is 19.1 Å². The summed E-state index contributed by atoms with van der Waals surface area (Å²) in [6.07, 6.45) is 1.91. The fraction of sp³-hybridized carbons (Fsp3) is 0.500. The normalized spacial score (nSPS) is 13.4. The molecule has 0 aliphatic heterocycles. The third kappa shape index (κ3) is 3.78. The van der Waals surface area contributed by atoms with Crippen molar-refractivity contribution in [1.82, 2.24) is 4.31 Å². The van der Waals surface area contributed by atoms with Crippen LogP contribution in [0.2, 0.25) is 0 Å². The standard InChI is InChI=1S/C14H21NO4S2/c1-9-6-12(14(16)17)7-13(11(9)3)21(18,19)15(4)10(2)8-20-5/h6-7,10H,8H2,1-5H3,(H,16,17). The van der Waals surface area contributed by atoms with Crippen molar-refractivity contribution >= 4 is 27.8 Å². The molecule has 0 aromatic heterocycles. The van der Waals surface area contributed by atoms with Crippen molar-refractivity contribution in [3.63, 3.8) is 0 Å². The van der Waals surface area contributed by atoms with Crippen molar-refractivity contribution in [1.29, 1.82) is 0 Å². The largest absolute Gasteiger partial charge is 0.478 e. The Bertz CT molecular complexity index is 641. The summed E-state index contributed by atoms with van der Waals surface area (Å²) in [5.74, 6) is -0.457. The van der Waals surface area contributed by atoms with Gasteiger partial charge < -0.3 is 5.11 Å². The second-order valence-electron chi connectivity index (χ2n) is 5.05. The van der Waals surface area contributed by atoms with Crippen molar-refractivity contribution in [3.8, 4) is 0 Å². The maximum absolute atomic E-state index is 12.7. The van der Waals surface area contributed by atoms with Crippen molar-refractivity contribution < 1.29 is 18.3 Å². The molecule has 118 valence electrons. The summed E-state index contributed by atoms with van der Waals surface area (Å²) in [6.45, 7) is 5.24. The molecule has 0 fully saturated rings. The summed E-state index contributed by atoms with van der Waals surface area (Å²) in [7, 11) is -2.19. The van der Waals surface area contributed by atoms with Crippen LogP contribution in [0.1, 0.15) is 28.4 Å². The monoisotopic (exact) mass is 331 g/mol. The number of nitrogens with zero attached hydrogens (tertiary/aromatic N) is 1. The van der Waals surface area contributed by atoms with Crippen LogP contribution in [0.4, 0.5) is 0 Å². The number of carboxylic acid groups (broad SMARTS) is 1. The number of sulfonamides is 1. The van der Waals surface area contributed by atoms with Crippen LogP contribution in [-0.2, 0) is 10.0 Å². The van der Waals surface area contributed by atoms with E-state index in [1.165, 1.54) is 23.5 Å². The van der Waals surface area contributed by atoms with Gasteiger partial charge in [-0.15, -0.1) is 0 Å². The molecule has 0 heterocycles. The summed E-state index contributed by atoms with van der Waals surface area (Å²) in [5.41, 5.74) is 1.23. The van der Waals surface area contributed by atoms with E-state index in [1.807, 2.05) is 13.2 Å². The number of carbonyl (C=O) groups is 1. The number of rotatable bonds is 6. The fourth-order valence-electron chi connectivity index (χ4n) is 1.96. The average molecular weight is 331 g/mol. The number of thioether (sulfide) groups is 1. The van der Waals surface area contributed by atoms with Gasteiger partial charge in [-0.2, -0.15) is 16.1 Å². The van der Waals surface area contributed by atoms with Crippen molar-refractivity contribution in [2.45, 2.75) is 31.7 Å². The zero-order valence-electron chi connectivity index (χ0n) is 12.9.